The summed E-state index contributed by atoms with van der Waals surface area (Å²) in [6.45, 7) is 8.51. The normalized spacial score (nSPS) is 16.0. The van der Waals surface area contributed by atoms with Gasteiger partial charge < -0.3 is 14.6 Å². The van der Waals surface area contributed by atoms with Crippen LogP contribution in [0.3, 0.4) is 0 Å². The highest BCUT2D eigenvalue weighted by atomic mass is 19.1. The summed E-state index contributed by atoms with van der Waals surface area (Å²) >= 11 is 0. The van der Waals surface area contributed by atoms with Gasteiger partial charge in [0.15, 0.2) is 0 Å². The molecule has 184 valence electrons. The fourth-order valence-electron chi connectivity index (χ4n) is 4.95. The van der Waals surface area contributed by atoms with Crippen LogP contribution in [0.1, 0.15) is 62.3 Å². The highest BCUT2D eigenvalue weighted by Gasteiger charge is 2.31. The Morgan fingerprint density at radius 3 is 2.49 bits per heavy atom. The minimum Gasteiger partial charge on any atom is -0.497 e. The van der Waals surface area contributed by atoms with Crippen LogP contribution in [0.25, 0.3) is 11.1 Å². The van der Waals surface area contributed by atoms with Gasteiger partial charge in [0.25, 0.3) is 0 Å². The zero-order valence-electron chi connectivity index (χ0n) is 21.0. The number of carboxylic acid groups (broad SMARTS) is 1. The largest absolute Gasteiger partial charge is 0.497 e. The number of methoxy groups -OCH3 is 1. The van der Waals surface area contributed by atoms with Gasteiger partial charge in [-0.05, 0) is 82.3 Å². The second-order valence-electron chi connectivity index (χ2n) is 10.4. The van der Waals surface area contributed by atoms with Gasteiger partial charge >= 0.3 is 5.97 Å². The number of benzene rings is 3. The number of hydrogen-bond acceptors (Lipinski definition) is 3. The maximum atomic E-state index is 14.7. The molecule has 0 aromatic heterocycles. The predicted molar refractivity (Wildman–Crippen MR) is 136 cm³/mol. The minimum absolute atomic E-state index is 0.0513. The first-order valence-electron chi connectivity index (χ1n) is 12.0. The third-order valence-electron chi connectivity index (χ3n) is 6.99. The highest BCUT2D eigenvalue weighted by molar-refractivity contribution is 5.72. The van der Waals surface area contributed by atoms with E-state index in [1.165, 1.54) is 11.6 Å². The topological polar surface area (TPSA) is 55.8 Å². The number of fused-ring (bicyclic) bond motifs is 1. The van der Waals surface area contributed by atoms with Gasteiger partial charge in [-0.3, -0.25) is 4.79 Å². The van der Waals surface area contributed by atoms with Crippen LogP contribution in [0.4, 0.5) is 4.39 Å². The molecule has 35 heavy (non-hydrogen) atoms. The fraction of sp³-hybridized carbons (Fsp3) is 0.367. The second-order valence-corrected chi connectivity index (χ2v) is 10.4. The molecule has 0 spiro atoms. The maximum Gasteiger partial charge on any atom is 0.306 e. The third kappa shape index (κ3) is 5.19. The Labute approximate surface area is 206 Å². The SMILES string of the molecule is COc1ccc(F)c(-c2ccc(COc3ccc4c(c3)CCC4[C@@H](C)C(=O)O)cc2C(C)(C)C)c1. The first-order chi connectivity index (χ1) is 16.6. The van der Waals surface area contributed by atoms with Crippen LogP contribution in [-0.4, -0.2) is 18.2 Å². The van der Waals surface area contributed by atoms with Crippen molar-refractivity contribution in [3.63, 3.8) is 0 Å². The molecule has 1 aliphatic rings. The van der Waals surface area contributed by atoms with E-state index in [0.29, 0.717) is 17.9 Å². The van der Waals surface area contributed by atoms with Crippen LogP contribution in [-0.2, 0) is 23.2 Å². The summed E-state index contributed by atoms with van der Waals surface area (Å²) in [6, 6.07) is 16.8. The summed E-state index contributed by atoms with van der Waals surface area (Å²) in [5, 5.41) is 9.39. The molecule has 3 aromatic rings. The van der Waals surface area contributed by atoms with Crippen molar-refractivity contribution in [1.82, 2.24) is 0 Å². The van der Waals surface area contributed by atoms with Gasteiger partial charge in [-0.1, -0.05) is 52.0 Å². The molecular weight excluding hydrogens is 443 g/mol. The van der Waals surface area contributed by atoms with Crippen molar-refractivity contribution in [3.8, 4) is 22.6 Å². The average Bonchev–Trinajstić information content (AvgIpc) is 3.25. The Hall–Kier alpha value is -3.34. The lowest BCUT2D eigenvalue weighted by atomic mass is 9.81. The molecule has 5 heteroatoms. The van der Waals surface area contributed by atoms with Crippen LogP contribution >= 0.6 is 0 Å². The lowest BCUT2D eigenvalue weighted by Gasteiger charge is -2.24. The van der Waals surface area contributed by atoms with E-state index in [1.807, 2.05) is 30.3 Å². The highest BCUT2D eigenvalue weighted by Crippen LogP contribution is 2.40. The summed E-state index contributed by atoms with van der Waals surface area (Å²) in [6.07, 6.45) is 1.72. The van der Waals surface area contributed by atoms with E-state index >= 15 is 0 Å². The Bertz CT molecular complexity index is 1240. The molecular formula is C30H33FO4. The van der Waals surface area contributed by atoms with Crippen molar-refractivity contribution >= 4 is 5.97 Å². The molecule has 0 saturated heterocycles. The van der Waals surface area contributed by atoms with Crippen molar-refractivity contribution in [3.05, 3.63) is 82.7 Å². The molecule has 0 saturated carbocycles. The zero-order valence-corrected chi connectivity index (χ0v) is 21.0. The fourth-order valence-corrected chi connectivity index (χ4v) is 4.95. The van der Waals surface area contributed by atoms with E-state index in [1.54, 1.807) is 26.2 Å². The lowest BCUT2D eigenvalue weighted by Crippen LogP contribution is -2.17. The molecule has 0 amide bonds. The third-order valence-corrected chi connectivity index (χ3v) is 6.99. The van der Waals surface area contributed by atoms with Crippen LogP contribution in [0.2, 0.25) is 0 Å². The molecule has 4 nitrogen and oxygen atoms in total. The van der Waals surface area contributed by atoms with Gasteiger partial charge in [0.1, 0.15) is 23.9 Å². The van der Waals surface area contributed by atoms with Gasteiger partial charge in [-0.2, -0.15) is 0 Å². The van der Waals surface area contributed by atoms with Gasteiger partial charge in [0.2, 0.25) is 0 Å². The van der Waals surface area contributed by atoms with E-state index in [0.717, 1.165) is 40.8 Å². The summed E-state index contributed by atoms with van der Waals surface area (Å²) < 4.78 is 26.2. The number of aryl methyl sites for hydroxylation is 1. The van der Waals surface area contributed by atoms with Crippen molar-refractivity contribution in [1.29, 1.82) is 0 Å². The number of aliphatic carboxylic acids is 1. The molecule has 0 bridgehead atoms. The number of rotatable bonds is 7. The molecule has 4 rings (SSSR count). The van der Waals surface area contributed by atoms with Crippen molar-refractivity contribution in [2.45, 2.75) is 58.5 Å². The Morgan fingerprint density at radius 1 is 1.06 bits per heavy atom. The van der Waals surface area contributed by atoms with Gasteiger partial charge in [0.05, 0.1) is 13.0 Å². The molecule has 3 aromatic carbocycles. The summed E-state index contributed by atoms with van der Waals surface area (Å²) in [5.74, 6) is 0.00384. The van der Waals surface area contributed by atoms with E-state index in [2.05, 4.69) is 26.8 Å². The van der Waals surface area contributed by atoms with E-state index in [9.17, 15) is 14.3 Å². The molecule has 0 radical (unpaired) electrons. The molecule has 0 fully saturated rings. The van der Waals surface area contributed by atoms with Gasteiger partial charge in [0, 0.05) is 5.56 Å². The van der Waals surface area contributed by atoms with E-state index in [-0.39, 0.29) is 17.2 Å². The van der Waals surface area contributed by atoms with Crippen LogP contribution in [0, 0.1) is 11.7 Å². The number of hydrogen-bond donors (Lipinski definition) is 1. The molecule has 2 atom stereocenters. The molecule has 1 unspecified atom stereocenters. The molecule has 1 N–H and O–H groups in total. The predicted octanol–water partition coefficient (Wildman–Crippen LogP) is 7.13. The smallest absolute Gasteiger partial charge is 0.306 e. The van der Waals surface area contributed by atoms with Crippen molar-refractivity contribution in [2.75, 3.05) is 7.11 Å². The van der Waals surface area contributed by atoms with E-state index < -0.39 is 11.9 Å². The van der Waals surface area contributed by atoms with Crippen molar-refractivity contribution < 1.29 is 23.8 Å². The molecule has 0 heterocycles. The summed E-state index contributed by atoms with van der Waals surface area (Å²) in [7, 11) is 1.58. The van der Waals surface area contributed by atoms with Crippen LogP contribution < -0.4 is 9.47 Å². The summed E-state index contributed by atoms with van der Waals surface area (Å²) in [5.41, 5.74) is 5.47. The Morgan fingerprint density at radius 2 is 1.80 bits per heavy atom. The monoisotopic (exact) mass is 476 g/mol. The molecule has 1 aliphatic carbocycles. The maximum absolute atomic E-state index is 14.7. The number of ether oxygens (including phenoxy) is 2. The van der Waals surface area contributed by atoms with E-state index in [4.69, 9.17) is 9.47 Å². The zero-order chi connectivity index (χ0) is 25.3. The first kappa shape index (κ1) is 24.8. The quantitative estimate of drug-likeness (QED) is 0.394. The lowest BCUT2D eigenvalue weighted by molar-refractivity contribution is -0.141. The standard InChI is InChI=1S/C30H33FO4/c1-18(29(32)33)23-11-7-20-15-22(8-12-24(20)23)35-17-19-6-10-25(27(14-19)30(2,3)4)26-16-21(34-5)9-13-28(26)31/h6,8-10,12-16,18,23H,7,11,17H2,1-5H3,(H,32,33)/t18-,23?/m1/s1. The summed E-state index contributed by atoms with van der Waals surface area (Å²) in [4.78, 5) is 11.4. The Kier molecular flexibility index (Phi) is 6.88. The number of halogens is 1. The first-order valence-corrected chi connectivity index (χ1v) is 12.0. The number of carbonyl (C=O) groups is 1. The second kappa shape index (κ2) is 9.73. The minimum atomic E-state index is -0.755. The van der Waals surface area contributed by atoms with Gasteiger partial charge in [-0.15, -0.1) is 0 Å². The average molecular weight is 477 g/mol. The van der Waals surface area contributed by atoms with Gasteiger partial charge in [-0.25, -0.2) is 4.39 Å². The Balaban J connectivity index is 1.57. The van der Waals surface area contributed by atoms with Crippen LogP contribution in [0.5, 0.6) is 11.5 Å². The number of carboxylic acids is 1. The van der Waals surface area contributed by atoms with Crippen LogP contribution in [0.15, 0.2) is 54.6 Å². The van der Waals surface area contributed by atoms with Crippen molar-refractivity contribution in [2.24, 2.45) is 5.92 Å². The molecule has 0 aliphatic heterocycles.